The molecule has 0 spiro atoms. The summed E-state index contributed by atoms with van der Waals surface area (Å²) >= 11 is 0. The van der Waals surface area contributed by atoms with Crippen LogP contribution in [0.2, 0.25) is 0 Å². The van der Waals surface area contributed by atoms with Crippen LogP contribution in [0.5, 0.6) is 0 Å². The molecule has 0 amide bonds. The van der Waals surface area contributed by atoms with E-state index < -0.39 is 0 Å². The number of hydrogen-bond donors (Lipinski definition) is 1. The van der Waals surface area contributed by atoms with E-state index in [0.29, 0.717) is 0 Å². The number of fused-ring (bicyclic) bond motifs is 1. The molecule has 0 aliphatic heterocycles. The van der Waals surface area contributed by atoms with E-state index in [1.54, 1.807) is 6.07 Å². The van der Waals surface area contributed by atoms with Gasteiger partial charge >= 0.3 is 0 Å². The zero-order valence-electron chi connectivity index (χ0n) is 8.42. The van der Waals surface area contributed by atoms with Gasteiger partial charge in [0.05, 0.1) is 0 Å². The molecule has 1 aromatic carbocycles. The van der Waals surface area contributed by atoms with Crippen LogP contribution < -0.4 is 5.43 Å². The molecule has 1 heterocycles. The maximum atomic E-state index is 11.6. The van der Waals surface area contributed by atoms with E-state index in [1.165, 1.54) is 5.56 Å². The fourth-order valence-corrected chi connectivity index (χ4v) is 1.61. The monoisotopic (exact) mass is 187 g/mol. The Labute approximate surface area is 82.6 Å². The van der Waals surface area contributed by atoms with Gasteiger partial charge < -0.3 is 4.98 Å². The van der Waals surface area contributed by atoms with Crippen molar-refractivity contribution >= 4 is 10.9 Å². The predicted octanol–water partition coefficient (Wildman–Crippen LogP) is 2.40. The summed E-state index contributed by atoms with van der Waals surface area (Å²) < 4.78 is 0. The second-order valence-corrected chi connectivity index (χ2v) is 3.56. The predicted molar refractivity (Wildman–Crippen MR) is 58.7 cm³/mol. The molecule has 0 bridgehead atoms. The van der Waals surface area contributed by atoms with Crippen molar-refractivity contribution in [3.8, 4) is 0 Å². The third-order valence-electron chi connectivity index (χ3n) is 2.42. The average Bonchev–Trinajstić information content (AvgIpc) is 2.16. The van der Waals surface area contributed by atoms with Crippen LogP contribution in [0.4, 0.5) is 0 Å². The second kappa shape index (κ2) is 3.29. The van der Waals surface area contributed by atoms with Gasteiger partial charge in [-0.15, -0.1) is 0 Å². The smallest absolute Gasteiger partial charge is 0.189 e. The summed E-state index contributed by atoms with van der Waals surface area (Å²) in [5.41, 5.74) is 3.21. The van der Waals surface area contributed by atoms with Crippen LogP contribution in [-0.4, -0.2) is 4.98 Å². The molecule has 0 aliphatic rings. The molecule has 0 atom stereocenters. The lowest BCUT2D eigenvalue weighted by Gasteiger charge is -2.02. The Morgan fingerprint density at radius 3 is 2.79 bits per heavy atom. The molecule has 1 N–H and O–H groups in total. The first-order valence-corrected chi connectivity index (χ1v) is 4.83. The van der Waals surface area contributed by atoms with Crippen LogP contribution >= 0.6 is 0 Å². The zero-order valence-corrected chi connectivity index (χ0v) is 8.42. The number of rotatable bonds is 1. The number of H-pyrrole nitrogens is 1. The summed E-state index contributed by atoms with van der Waals surface area (Å²) in [4.78, 5) is 14.9. The Balaban J connectivity index is 2.84. The van der Waals surface area contributed by atoms with Crippen molar-refractivity contribution in [2.24, 2.45) is 0 Å². The summed E-state index contributed by atoms with van der Waals surface area (Å²) in [5, 5.41) is 0.771. The molecule has 2 heteroatoms. The summed E-state index contributed by atoms with van der Waals surface area (Å²) in [6.07, 6.45) is 0.860. The van der Waals surface area contributed by atoms with E-state index in [-0.39, 0.29) is 5.43 Å². The van der Waals surface area contributed by atoms with E-state index in [2.05, 4.69) is 4.98 Å². The van der Waals surface area contributed by atoms with Gasteiger partial charge in [-0.25, -0.2) is 0 Å². The van der Waals surface area contributed by atoms with Gasteiger partial charge in [-0.3, -0.25) is 4.79 Å². The first-order chi connectivity index (χ1) is 6.70. The number of aromatic amines is 1. The molecule has 72 valence electrons. The standard InChI is InChI=1S/C12H13NO/c1-3-9-7-12(14)10-5-4-8(2)6-11(10)13-9/h4-7H,3H2,1-2H3,(H,13,14). The van der Waals surface area contributed by atoms with Crippen molar-refractivity contribution in [2.45, 2.75) is 20.3 Å². The molecule has 0 radical (unpaired) electrons. The highest BCUT2D eigenvalue weighted by atomic mass is 16.1. The summed E-state index contributed by atoms with van der Waals surface area (Å²) in [5.74, 6) is 0. The highest BCUT2D eigenvalue weighted by Gasteiger charge is 2.00. The van der Waals surface area contributed by atoms with Gasteiger partial charge in [0.15, 0.2) is 5.43 Å². The molecular weight excluding hydrogens is 174 g/mol. The van der Waals surface area contributed by atoms with E-state index in [0.717, 1.165) is 23.0 Å². The lowest BCUT2D eigenvalue weighted by Crippen LogP contribution is -2.04. The fraction of sp³-hybridized carbons (Fsp3) is 0.250. The van der Waals surface area contributed by atoms with Crippen molar-refractivity contribution in [1.82, 2.24) is 4.98 Å². The van der Waals surface area contributed by atoms with Gasteiger partial charge in [0.25, 0.3) is 0 Å². The lowest BCUT2D eigenvalue weighted by atomic mass is 10.1. The van der Waals surface area contributed by atoms with Gasteiger partial charge in [-0.1, -0.05) is 13.0 Å². The molecular formula is C12H13NO. The third-order valence-corrected chi connectivity index (χ3v) is 2.42. The van der Waals surface area contributed by atoms with Crippen molar-refractivity contribution < 1.29 is 0 Å². The van der Waals surface area contributed by atoms with Gasteiger partial charge in [-0.2, -0.15) is 0 Å². The number of aryl methyl sites for hydroxylation is 2. The van der Waals surface area contributed by atoms with Crippen LogP contribution in [0.15, 0.2) is 29.1 Å². The van der Waals surface area contributed by atoms with Crippen LogP contribution in [0.3, 0.4) is 0 Å². The molecule has 0 aliphatic carbocycles. The Bertz CT molecular complexity index is 525. The third kappa shape index (κ3) is 1.43. The molecule has 14 heavy (non-hydrogen) atoms. The minimum atomic E-state index is 0.107. The molecule has 1 aromatic heterocycles. The normalized spacial score (nSPS) is 10.7. The number of benzene rings is 1. The Morgan fingerprint density at radius 2 is 2.07 bits per heavy atom. The summed E-state index contributed by atoms with van der Waals surface area (Å²) in [7, 11) is 0. The van der Waals surface area contributed by atoms with Crippen molar-refractivity contribution in [2.75, 3.05) is 0 Å². The van der Waals surface area contributed by atoms with Crippen LogP contribution in [0.1, 0.15) is 18.2 Å². The Hall–Kier alpha value is -1.57. The summed E-state index contributed by atoms with van der Waals surface area (Å²) in [6.45, 7) is 4.06. The zero-order chi connectivity index (χ0) is 10.1. The average molecular weight is 187 g/mol. The van der Waals surface area contributed by atoms with E-state index >= 15 is 0 Å². The van der Waals surface area contributed by atoms with Gasteiger partial charge in [0.2, 0.25) is 0 Å². The maximum Gasteiger partial charge on any atom is 0.189 e. The number of nitrogens with one attached hydrogen (secondary N) is 1. The Morgan fingerprint density at radius 1 is 1.29 bits per heavy atom. The van der Waals surface area contributed by atoms with Crippen LogP contribution in [0.25, 0.3) is 10.9 Å². The van der Waals surface area contributed by atoms with Gasteiger partial charge in [0, 0.05) is 22.7 Å². The molecule has 2 nitrogen and oxygen atoms in total. The quantitative estimate of drug-likeness (QED) is 0.730. The maximum absolute atomic E-state index is 11.6. The second-order valence-electron chi connectivity index (χ2n) is 3.56. The number of aromatic nitrogens is 1. The highest BCUT2D eigenvalue weighted by Crippen LogP contribution is 2.10. The molecule has 0 saturated heterocycles. The number of pyridine rings is 1. The van der Waals surface area contributed by atoms with Crippen molar-refractivity contribution in [3.63, 3.8) is 0 Å². The molecule has 0 fully saturated rings. The Kier molecular flexibility index (Phi) is 2.12. The fourth-order valence-electron chi connectivity index (χ4n) is 1.61. The minimum Gasteiger partial charge on any atom is -0.358 e. The molecule has 2 rings (SSSR count). The van der Waals surface area contributed by atoms with E-state index in [4.69, 9.17) is 0 Å². The largest absolute Gasteiger partial charge is 0.358 e. The molecule has 2 aromatic rings. The van der Waals surface area contributed by atoms with Crippen molar-refractivity contribution in [1.29, 1.82) is 0 Å². The SMILES string of the molecule is CCc1cc(=O)c2ccc(C)cc2[nH]1. The lowest BCUT2D eigenvalue weighted by molar-refractivity contribution is 1.05. The minimum absolute atomic E-state index is 0.107. The number of hydrogen-bond acceptors (Lipinski definition) is 1. The van der Waals surface area contributed by atoms with E-state index in [9.17, 15) is 4.79 Å². The van der Waals surface area contributed by atoms with Crippen LogP contribution in [-0.2, 0) is 6.42 Å². The highest BCUT2D eigenvalue weighted by molar-refractivity contribution is 5.79. The van der Waals surface area contributed by atoms with Gasteiger partial charge in [-0.05, 0) is 31.0 Å². The topological polar surface area (TPSA) is 32.9 Å². The van der Waals surface area contributed by atoms with Crippen molar-refractivity contribution in [3.05, 3.63) is 45.7 Å². The molecule has 0 unspecified atom stereocenters. The van der Waals surface area contributed by atoms with Crippen LogP contribution in [0, 0.1) is 6.92 Å². The molecule has 0 saturated carbocycles. The van der Waals surface area contributed by atoms with E-state index in [1.807, 2.05) is 32.0 Å². The summed E-state index contributed by atoms with van der Waals surface area (Å²) in [6, 6.07) is 7.53. The first kappa shape index (κ1) is 9.00. The van der Waals surface area contributed by atoms with Gasteiger partial charge in [0.1, 0.15) is 0 Å². The first-order valence-electron chi connectivity index (χ1n) is 4.83.